The second-order valence-corrected chi connectivity index (χ2v) is 4.62. The minimum atomic E-state index is 0.0720. The zero-order valence-electron chi connectivity index (χ0n) is 12.5. The van der Waals surface area contributed by atoms with Crippen LogP contribution >= 0.6 is 0 Å². The van der Waals surface area contributed by atoms with Gasteiger partial charge in [0, 0.05) is 22.7 Å². The molecule has 1 aromatic heterocycles. The number of aromatic nitrogens is 1. The summed E-state index contributed by atoms with van der Waals surface area (Å²) in [6.07, 6.45) is 0.717. The van der Waals surface area contributed by atoms with Crippen LogP contribution in [0.3, 0.4) is 0 Å². The smallest absolute Gasteiger partial charge is 0.192 e. The van der Waals surface area contributed by atoms with Crippen molar-refractivity contribution >= 4 is 10.9 Å². The highest BCUT2D eigenvalue weighted by Gasteiger charge is 2.13. The Balaban J connectivity index is 2.73. The zero-order valence-corrected chi connectivity index (χ0v) is 12.5. The van der Waals surface area contributed by atoms with Crippen LogP contribution in [0.15, 0.2) is 16.9 Å². The van der Waals surface area contributed by atoms with Crippen molar-refractivity contribution in [1.29, 1.82) is 0 Å². The minimum absolute atomic E-state index is 0.0720. The summed E-state index contributed by atoms with van der Waals surface area (Å²) in [5, 5.41) is 0.652. The first-order valence-corrected chi connectivity index (χ1v) is 7.07. The largest absolute Gasteiger partial charge is 0.490 e. The van der Waals surface area contributed by atoms with E-state index in [0.29, 0.717) is 36.5 Å². The molecule has 0 radical (unpaired) electrons. The Morgan fingerprint density at radius 1 is 1.05 bits per heavy atom. The maximum Gasteiger partial charge on any atom is 0.192 e. The summed E-state index contributed by atoms with van der Waals surface area (Å²) in [4.78, 5) is 15.8. The molecule has 0 saturated carbocycles. The van der Waals surface area contributed by atoms with Gasteiger partial charge in [-0.1, -0.05) is 6.92 Å². The summed E-state index contributed by atoms with van der Waals surface area (Å²) < 4.78 is 11.2. The number of rotatable bonds is 5. The molecule has 0 saturated heterocycles. The molecule has 0 atom stereocenters. The second kappa shape index (κ2) is 5.99. The summed E-state index contributed by atoms with van der Waals surface area (Å²) in [7, 11) is 0. The highest BCUT2D eigenvalue weighted by molar-refractivity contribution is 5.83. The molecule has 1 N–H and O–H groups in total. The number of aryl methyl sites for hydroxylation is 1. The quantitative estimate of drug-likeness (QED) is 0.911. The highest BCUT2D eigenvalue weighted by atomic mass is 16.5. The molecule has 1 heterocycles. The van der Waals surface area contributed by atoms with Crippen LogP contribution in [0.5, 0.6) is 11.5 Å². The molecule has 1 aromatic carbocycles. The van der Waals surface area contributed by atoms with Gasteiger partial charge < -0.3 is 14.5 Å². The monoisotopic (exact) mass is 275 g/mol. The van der Waals surface area contributed by atoms with E-state index in [0.717, 1.165) is 16.8 Å². The van der Waals surface area contributed by atoms with E-state index in [4.69, 9.17) is 9.47 Å². The van der Waals surface area contributed by atoms with E-state index in [2.05, 4.69) is 4.98 Å². The van der Waals surface area contributed by atoms with Crippen molar-refractivity contribution in [3.8, 4) is 11.5 Å². The number of benzene rings is 1. The van der Waals surface area contributed by atoms with E-state index in [1.165, 1.54) is 0 Å². The van der Waals surface area contributed by atoms with E-state index in [1.807, 2.05) is 33.8 Å². The van der Waals surface area contributed by atoms with Gasteiger partial charge in [0.25, 0.3) is 0 Å². The molecule has 4 heteroatoms. The van der Waals surface area contributed by atoms with Gasteiger partial charge in [0.15, 0.2) is 16.9 Å². The van der Waals surface area contributed by atoms with Crippen molar-refractivity contribution in [2.24, 2.45) is 0 Å². The van der Waals surface area contributed by atoms with Gasteiger partial charge >= 0.3 is 0 Å². The third-order valence-electron chi connectivity index (χ3n) is 3.33. The third-order valence-corrected chi connectivity index (χ3v) is 3.33. The first-order chi connectivity index (χ1) is 9.62. The fourth-order valence-electron chi connectivity index (χ4n) is 2.42. The molecule has 2 aromatic rings. The number of H-pyrrole nitrogens is 1. The van der Waals surface area contributed by atoms with E-state index in [-0.39, 0.29) is 5.43 Å². The van der Waals surface area contributed by atoms with Crippen molar-refractivity contribution in [2.45, 2.75) is 34.1 Å². The van der Waals surface area contributed by atoms with Crippen molar-refractivity contribution in [3.05, 3.63) is 33.6 Å². The Hall–Kier alpha value is -1.97. The summed E-state index contributed by atoms with van der Waals surface area (Å²) >= 11 is 0. The molecule has 0 unspecified atom stereocenters. The van der Waals surface area contributed by atoms with Crippen LogP contribution in [-0.4, -0.2) is 18.2 Å². The topological polar surface area (TPSA) is 51.3 Å². The molecule has 0 aliphatic carbocycles. The number of hydrogen-bond donors (Lipinski definition) is 1. The first-order valence-electron chi connectivity index (χ1n) is 7.07. The van der Waals surface area contributed by atoms with Crippen LogP contribution in [0, 0.1) is 6.92 Å². The van der Waals surface area contributed by atoms with E-state index in [9.17, 15) is 4.79 Å². The van der Waals surface area contributed by atoms with Crippen LogP contribution in [-0.2, 0) is 6.42 Å². The van der Waals surface area contributed by atoms with Gasteiger partial charge in [0.2, 0.25) is 0 Å². The van der Waals surface area contributed by atoms with Gasteiger partial charge in [-0.25, -0.2) is 0 Å². The lowest BCUT2D eigenvalue weighted by Gasteiger charge is -2.13. The van der Waals surface area contributed by atoms with Gasteiger partial charge in [0.1, 0.15) is 0 Å². The van der Waals surface area contributed by atoms with E-state index in [1.54, 1.807) is 6.07 Å². The normalized spacial score (nSPS) is 10.8. The molecule has 0 bridgehead atoms. The lowest BCUT2D eigenvalue weighted by atomic mass is 10.1. The van der Waals surface area contributed by atoms with Crippen LogP contribution in [0.4, 0.5) is 0 Å². The minimum Gasteiger partial charge on any atom is -0.490 e. The molecule has 20 heavy (non-hydrogen) atoms. The van der Waals surface area contributed by atoms with Crippen molar-refractivity contribution < 1.29 is 9.47 Å². The number of aromatic amines is 1. The maximum absolute atomic E-state index is 12.5. The predicted octanol–water partition coefficient (Wildman–Crippen LogP) is 3.20. The summed E-state index contributed by atoms with van der Waals surface area (Å²) in [6, 6.07) is 3.62. The number of hydrogen-bond acceptors (Lipinski definition) is 3. The Morgan fingerprint density at radius 3 is 2.20 bits per heavy atom. The van der Waals surface area contributed by atoms with Crippen LogP contribution < -0.4 is 14.9 Å². The van der Waals surface area contributed by atoms with Gasteiger partial charge in [-0.3, -0.25) is 4.79 Å². The maximum atomic E-state index is 12.5. The average molecular weight is 275 g/mol. The molecule has 0 spiro atoms. The third kappa shape index (κ3) is 2.50. The summed E-state index contributed by atoms with van der Waals surface area (Å²) in [5.74, 6) is 1.29. The molecular weight excluding hydrogens is 254 g/mol. The van der Waals surface area contributed by atoms with Crippen molar-refractivity contribution in [3.63, 3.8) is 0 Å². The van der Waals surface area contributed by atoms with Gasteiger partial charge in [-0.15, -0.1) is 0 Å². The van der Waals surface area contributed by atoms with Crippen molar-refractivity contribution in [1.82, 2.24) is 4.98 Å². The lowest BCUT2D eigenvalue weighted by Crippen LogP contribution is -2.13. The molecule has 0 fully saturated rings. The number of fused-ring (bicyclic) bond motifs is 1. The fourth-order valence-corrected chi connectivity index (χ4v) is 2.42. The Labute approximate surface area is 118 Å². The fraction of sp³-hybridized carbons (Fsp3) is 0.438. The van der Waals surface area contributed by atoms with E-state index >= 15 is 0 Å². The number of pyridine rings is 1. The average Bonchev–Trinajstić information content (AvgIpc) is 2.41. The van der Waals surface area contributed by atoms with Crippen LogP contribution in [0.25, 0.3) is 10.9 Å². The van der Waals surface area contributed by atoms with Gasteiger partial charge in [0.05, 0.1) is 18.7 Å². The lowest BCUT2D eigenvalue weighted by molar-refractivity contribution is 0.288. The number of ether oxygens (including phenoxy) is 2. The molecule has 108 valence electrons. The SMILES string of the molecule is CCOc1cc2[nH]c(C)c(CC)c(=O)c2cc1OCC. The Bertz CT molecular complexity index is 673. The zero-order chi connectivity index (χ0) is 14.7. The van der Waals surface area contributed by atoms with Crippen LogP contribution in [0.1, 0.15) is 32.0 Å². The molecular formula is C16H21NO3. The first kappa shape index (κ1) is 14.4. The second-order valence-electron chi connectivity index (χ2n) is 4.62. The summed E-state index contributed by atoms with van der Waals surface area (Å²) in [6.45, 7) is 8.85. The molecule has 0 amide bonds. The molecule has 2 rings (SSSR count). The van der Waals surface area contributed by atoms with Gasteiger partial charge in [-0.05, 0) is 33.3 Å². The van der Waals surface area contributed by atoms with Crippen LogP contribution in [0.2, 0.25) is 0 Å². The predicted molar refractivity (Wildman–Crippen MR) is 81.0 cm³/mol. The number of nitrogens with one attached hydrogen (secondary N) is 1. The van der Waals surface area contributed by atoms with Gasteiger partial charge in [-0.2, -0.15) is 0 Å². The molecule has 4 nitrogen and oxygen atoms in total. The molecule has 0 aliphatic heterocycles. The standard InChI is InChI=1S/C16H21NO3/c1-5-11-10(4)17-13-9-15(20-7-3)14(19-6-2)8-12(13)16(11)18/h8-9H,5-7H2,1-4H3,(H,17,18). The summed E-state index contributed by atoms with van der Waals surface area (Å²) in [5.41, 5.74) is 2.60. The molecule has 0 aliphatic rings. The Kier molecular flexibility index (Phi) is 4.32. The van der Waals surface area contributed by atoms with Crippen molar-refractivity contribution in [2.75, 3.05) is 13.2 Å². The highest BCUT2D eigenvalue weighted by Crippen LogP contribution is 2.31. The van der Waals surface area contributed by atoms with E-state index < -0.39 is 0 Å². The Morgan fingerprint density at radius 2 is 1.65 bits per heavy atom.